The van der Waals surface area contributed by atoms with Gasteiger partial charge in [-0.1, -0.05) is 12.1 Å². The lowest BCUT2D eigenvalue weighted by molar-refractivity contribution is -0.143. The Morgan fingerprint density at radius 3 is 2.74 bits per heavy atom. The number of hydrogen-bond donors (Lipinski definition) is 1. The first-order chi connectivity index (χ1) is 13.0. The number of benzene rings is 1. The molecule has 0 spiro atoms. The van der Waals surface area contributed by atoms with Crippen LogP contribution in [-0.4, -0.2) is 22.8 Å². The van der Waals surface area contributed by atoms with E-state index in [1.807, 2.05) is 48.7 Å². The smallest absolute Gasteiger partial charge is 0.325 e. The minimum Gasteiger partial charge on any atom is -0.459 e. The minimum atomic E-state index is -0.564. The maximum atomic E-state index is 12.1. The molecule has 0 aliphatic rings. The van der Waals surface area contributed by atoms with Gasteiger partial charge in [0, 0.05) is 23.5 Å². The molecular weight excluding hydrogens is 342 g/mol. The first-order valence-corrected chi connectivity index (χ1v) is 8.49. The van der Waals surface area contributed by atoms with Crippen LogP contribution < -0.4 is 5.32 Å². The van der Waals surface area contributed by atoms with E-state index in [0.717, 1.165) is 16.6 Å². The van der Waals surface area contributed by atoms with Crippen LogP contribution in [0.3, 0.4) is 0 Å². The van der Waals surface area contributed by atoms with E-state index < -0.39 is 5.97 Å². The molecule has 0 saturated carbocycles. The molecule has 0 bridgehead atoms. The van der Waals surface area contributed by atoms with Crippen molar-refractivity contribution in [2.45, 2.75) is 20.5 Å². The largest absolute Gasteiger partial charge is 0.459 e. The molecule has 1 amide bonds. The fourth-order valence-electron chi connectivity index (χ4n) is 2.76. The highest BCUT2D eigenvalue weighted by Gasteiger charge is 2.13. The van der Waals surface area contributed by atoms with E-state index in [0.29, 0.717) is 16.7 Å². The number of fused-ring (bicyclic) bond motifs is 1. The summed E-state index contributed by atoms with van der Waals surface area (Å²) < 4.78 is 7.02. The molecule has 27 heavy (non-hydrogen) atoms. The summed E-state index contributed by atoms with van der Waals surface area (Å²) in [6, 6.07) is 13.0. The number of amides is 1. The average Bonchev–Trinajstić information content (AvgIpc) is 3.04. The van der Waals surface area contributed by atoms with Crippen molar-refractivity contribution in [3.8, 4) is 6.07 Å². The van der Waals surface area contributed by atoms with E-state index in [4.69, 9.17) is 4.74 Å². The molecule has 0 unspecified atom stereocenters. The number of pyridine rings is 1. The number of hydrogen-bond acceptors (Lipinski definition) is 4. The Hall–Kier alpha value is -3.59. The molecule has 0 aliphatic carbocycles. The third-order valence-corrected chi connectivity index (χ3v) is 4.43. The molecule has 0 saturated heterocycles. The van der Waals surface area contributed by atoms with Crippen LogP contribution in [-0.2, 0) is 16.1 Å². The number of aromatic nitrogens is 1. The van der Waals surface area contributed by atoms with E-state index in [9.17, 15) is 14.9 Å². The van der Waals surface area contributed by atoms with Crippen LogP contribution in [0.2, 0.25) is 0 Å². The second-order valence-corrected chi connectivity index (χ2v) is 6.28. The quantitative estimate of drug-likeness (QED) is 0.708. The van der Waals surface area contributed by atoms with E-state index in [1.54, 1.807) is 18.3 Å². The van der Waals surface area contributed by atoms with Crippen molar-refractivity contribution < 1.29 is 14.3 Å². The standard InChI is InChI=1S/C21H19N3O3/c1-14-6-7-16(9-15(14)2)21(26)23-11-20(25)27-13-17-12-24-8-4-3-5-19(24)18(17)10-22/h3-9,12H,11,13H2,1-2H3,(H,23,26). The number of nitrogens with one attached hydrogen (secondary N) is 1. The van der Waals surface area contributed by atoms with E-state index in [2.05, 4.69) is 11.4 Å². The molecule has 3 aromatic rings. The normalized spacial score (nSPS) is 10.4. The Morgan fingerprint density at radius 2 is 2.00 bits per heavy atom. The van der Waals surface area contributed by atoms with Gasteiger partial charge in [-0.3, -0.25) is 9.59 Å². The summed E-state index contributed by atoms with van der Waals surface area (Å²) in [6.07, 6.45) is 3.58. The van der Waals surface area contributed by atoms with Crippen molar-refractivity contribution in [3.63, 3.8) is 0 Å². The molecule has 6 heteroatoms. The van der Waals surface area contributed by atoms with Crippen molar-refractivity contribution in [3.05, 3.63) is 76.6 Å². The maximum Gasteiger partial charge on any atom is 0.325 e. The van der Waals surface area contributed by atoms with Gasteiger partial charge in [-0.2, -0.15) is 5.26 Å². The summed E-state index contributed by atoms with van der Waals surface area (Å²) in [4.78, 5) is 24.1. The van der Waals surface area contributed by atoms with Crippen LogP contribution in [0.25, 0.3) is 5.52 Å². The Kier molecular flexibility index (Phi) is 5.23. The summed E-state index contributed by atoms with van der Waals surface area (Å²) in [7, 11) is 0. The van der Waals surface area contributed by atoms with Crippen LogP contribution >= 0.6 is 0 Å². The molecule has 0 radical (unpaired) electrons. The Labute approximate surface area is 157 Å². The predicted octanol–water partition coefficient (Wildman–Crippen LogP) is 2.90. The van der Waals surface area contributed by atoms with Crippen molar-refractivity contribution in [2.75, 3.05) is 6.54 Å². The van der Waals surface area contributed by atoms with Gasteiger partial charge in [0.15, 0.2) is 0 Å². The van der Waals surface area contributed by atoms with Gasteiger partial charge in [0.05, 0.1) is 11.1 Å². The summed E-state index contributed by atoms with van der Waals surface area (Å²) in [5, 5.41) is 11.9. The summed E-state index contributed by atoms with van der Waals surface area (Å²) in [5.41, 5.74) is 4.46. The number of aryl methyl sites for hydroxylation is 2. The number of nitriles is 1. The maximum absolute atomic E-state index is 12.1. The Balaban J connectivity index is 1.58. The molecule has 3 rings (SSSR count). The minimum absolute atomic E-state index is 0.0249. The fourth-order valence-corrected chi connectivity index (χ4v) is 2.76. The molecule has 2 aromatic heterocycles. The lowest BCUT2D eigenvalue weighted by Crippen LogP contribution is -2.30. The number of ether oxygens (including phenoxy) is 1. The van der Waals surface area contributed by atoms with Gasteiger partial charge >= 0.3 is 5.97 Å². The van der Waals surface area contributed by atoms with Gasteiger partial charge in [0.2, 0.25) is 0 Å². The highest BCUT2D eigenvalue weighted by Crippen LogP contribution is 2.18. The highest BCUT2D eigenvalue weighted by molar-refractivity contribution is 5.96. The zero-order valence-electron chi connectivity index (χ0n) is 15.2. The number of rotatable bonds is 5. The zero-order valence-corrected chi connectivity index (χ0v) is 15.2. The third kappa shape index (κ3) is 3.98. The molecule has 1 aromatic carbocycles. The number of esters is 1. The highest BCUT2D eigenvalue weighted by atomic mass is 16.5. The van der Waals surface area contributed by atoms with Crippen LogP contribution in [0.5, 0.6) is 0 Å². The van der Waals surface area contributed by atoms with Crippen molar-refractivity contribution in [2.24, 2.45) is 0 Å². The van der Waals surface area contributed by atoms with Gasteiger partial charge in [-0.15, -0.1) is 0 Å². The topological polar surface area (TPSA) is 83.6 Å². The van der Waals surface area contributed by atoms with Crippen LogP contribution in [0, 0.1) is 25.2 Å². The van der Waals surface area contributed by atoms with Crippen LogP contribution in [0.4, 0.5) is 0 Å². The SMILES string of the molecule is Cc1ccc(C(=O)NCC(=O)OCc2cn3ccccc3c2C#N)cc1C. The molecule has 136 valence electrons. The monoisotopic (exact) mass is 361 g/mol. The van der Waals surface area contributed by atoms with Gasteiger partial charge in [0.25, 0.3) is 5.91 Å². The van der Waals surface area contributed by atoms with Gasteiger partial charge in [-0.05, 0) is 49.2 Å². The molecule has 1 N–H and O–H groups in total. The summed E-state index contributed by atoms with van der Waals surface area (Å²) in [5.74, 6) is -0.895. The lowest BCUT2D eigenvalue weighted by Gasteiger charge is -2.07. The van der Waals surface area contributed by atoms with Gasteiger partial charge in [-0.25, -0.2) is 0 Å². The molecule has 0 atom stereocenters. The number of carbonyl (C=O) groups is 2. The Morgan fingerprint density at radius 1 is 1.19 bits per heavy atom. The summed E-state index contributed by atoms with van der Waals surface area (Å²) in [6.45, 7) is 3.63. The molecule has 0 fully saturated rings. The second kappa shape index (κ2) is 7.75. The first-order valence-electron chi connectivity index (χ1n) is 8.49. The zero-order chi connectivity index (χ0) is 19.4. The first kappa shape index (κ1) is 18.2. The predicted molar refractivity (Wildman–Crippen MR) is 100 cm³/mol. The van der Waals surface area contributed by atoms with E-state index >= 15 is 0 Å². The van der Waals surface area contributed by atoms with Gasteiger partial charge < -0.3 is 14.5 Å². The molecule has 2 heterocycles. The Bertz CT molecular complexity index is 1060. The van der Waals surface area contributed by atoms with Crippen molar-refractivity contribution >= 4 is 17.4 Å². The summed E-state index contributed by atoms with van der Waals surface area (Å²) >= 11 is 0. The van der Waals surface area contributed by atoms with E-state index in [-0.39, 0.29) is 19.1 Å². The van der Waals surface area contributed by atoms with Crippen molar-refractivity contribution in [1.29, 1.82) is 5.26 Å². The molecule has 0 aliphatic heterocycles. The van der Waals surface area contributed by atoms with Gasteiger partial charge in [0.1, 0.15) is 19.2 Å². The number of carbonyl (C=O) groups excluding carboxylic acids is 2. The average molecular weight is 361 g/mol. The number of nitrogens with zero attached hydrogens (tertiary/aromatic N) is 2. The third-order valence-electron chi connectivity index (χ3n) is 4.43. The van der Waals surface area contributed by atoms with Crippen molar-refractivity contribution in [1.82, 2.24) is 9.72 Å². The molecule has 6 nitrogen and oxygen atoms in total. The lowest BCUT2D eigenvalue weighted by atomic mass is 10.1. The van der Waals surface area contributed by atoms with Crippen LogP contribution in [0.1, 0.15) is 32.6 Å². The fraction of sp³-hybridized carbons (Fsp3) is 0.190. The van der Waals surface area contributed by atoms with E-state index in [1.165, 1.54) is 0 Å². The second-order valence-electron chi connectivity index (χ2n) is 6.28. The molecular formula is C21H19N3O3. The van der Waals surface area contributed by atoms with Crippen LogP contribution in [0.15, 0.2) is 48.8 Å².